The molecule has 15 rings (SSSR count). The van der Waals surface area contributed by atoms with Gasteiger partial charge in [-0.2, -0.15) is 9.91 Å². The monoisotopic (exact) mass is 1460 g/mol. The number of amidine groups is 1. The summed E-state index contributed by atoms with van der Waals surface area (Å²) in [5.74, 6) is 1.89. The number of hydrogen-bond acceptors (Lipinski definition) is 24. The quantitative estimate of drug-likeness (QED) is 0.103. The van der Waals surface area contributed by atoms with E-state index in [-0.39, 0.29) is 54.3 Å². The number of tetrazole rings is 2. The van der Waals surface area contributed by atoms with Crippen LogP contribution in [-0.4, -0.2) is 200 Å². The van der Waals surface area contributed by atoms with Crippen LogP contribution in [0.3, 0.4) is 0 Å². The minimum atomic E-state index is -0.544. The number of nitrogens with zero attached hydrogens (tertiary/aromatic N) is 26. The van der Waals surface area contributed by atoms with Crippen molar-refractivity contribution < 1.29 is 41.8 Å². The van der Waals surface area contributed by atoms with Gasteiger partial charge in [0, 0.05) is 82.0 Å². The van der Waals surface area contributed by atoms with Crippen LogP contribution < -0.4 is 0 Å². The first-order valence-electron chi connectivity index (χ1n) is 35.4. The van der Waals surface area contributed by atoms with E-state index in [0.717, 1.165) is 55.6 Å². The first-order chi connectivity index (χ1) is 51.0. The number of amides is 3. The van der Waals surface area contributed by atoms with Gasteiger partial charge in [0.15, 0.2) is 30.0 Å². The lowest BCUT2D eigenvalue weighted by Gasteiger charge is -2.34. The molecule has 3 atom stereocenters. The minimum Gasteiger partial charge on any atom is -0.444 e. The zero-order valence-electron chi connectivity index (χ0n) is 61.4. The molecule has 11 aromatic heterocycles. The number of likely N-dealkylation sites (tertiary alicyclic amines) is 3. The van der Waals surface area contributed by atoms with Crippen molar-refractivity contribution >= 4 is 41.1 Å². The standard InChI is InChI=1S/2C24H28FN9O2.C24H27FN8O2/c1-24(2,3)36-23(35)33-9-5-6-15(13-33)10-17-11-18(22-29-30-31-32(22)4)28-21(27-17)19-12-26-20-8-7-16(25)14-34(19)20;1-24(2,3)36-23(35)33-9-5-6-15(13-33)10-17-11-18(21-29-31-32(4)30-21)28-22(27-17)19-12-26-20-8-7-16(25)14-34(19)20;1-24(2,3)35-23(34)32-8-4-5-15(12-32)9-17-10-18(21-27-14-28-31-21)30-22(29-17)19-11-26-20-7-6-16(25)13-33(19)20/h2*7-8,11-12,14-15H,5-6,9-10,13H2,1-4H3;6-7,10-11,13,15H,4-5,8-9,12,14H2,1-3H3/t3*15-/m000/s1. The smallest absolute Gasteiger partial charge is 0.410 e. The summed E-state index contributed by atoms with van der Waals surface area (Å²) in [4.78, 5) is 90.3. The van der Waals surface area contributed by atoms with E-state index in [4.69, 9.17) is 34.1 Å². The molecule has 0 radical (unpaired) electrons. The van der Waals surface area contributed by atoms with Crippen LogP contribution in [-0.2, 0) is 47.6 Å². The van der Waals surface area contributed by atoms with E-state index in [0.29, 0.717) is 145 Å². The Morgan fingerprint density at radius 3 is 1.24 bits per heavy atom. The number of aromatic nitrogens is 20. The van der Waals surface area contributed by atoms with Gasteiger partial charge in [0.05, 0.1) is 25.6 Å². The molecular formula is C72H83F3N26O6. The Balaban J connectivity index is 0.000000142. The van der Waals surface area contributed by atoms with Gasteiger partial charge in [0.2, 0.25) is 11.6 Å². The van der Waals surface area contributed by atoms with E-state index in [1.165, 1.54) is 46.3 Å². The van der Waals surface area contributed by atoms with Crippen molar-refractivity contribution in [1.29, 1.82) is 0 Å². The van der Waals surface area contributed by atoms with Crippen molar-refractivity contribution in [2.24, 2.45) is 47.1 Å². The van der Waals surface area contributed by atoms with E-state index >= 15 is 0 Å². The average molecular weight is 1470 g/mol. The second-order valence-corrected chi connectivity index (χ2v) is 29.9. The number of piperidine rings is 3. The molecule has 558 valence electrons. The lowest BCUT2D eigenvalue weighted by molar-refractivity contribution is 0.0156. The van der Waals surface area contributed by atoms with E-state index < -0.39 is 22.6 Å². The normalized spacial score (nSPS) is 17.0. The summed E-state index contributed by atoms with van der Waals surface area (Å²) in [5.41, 5.74) is 5.76. The Hall–Kier alpha value is -11.7. The van der Waals surface area contributed by atoms with Crippen molar-refractivity contribution in [2.45, 2.75) is 137 Å². The second kappa shape index (κ2) is 30.8. The van der Waals surface area contributed by atoms with Crippen LogP contribution in [0.5, 0.6) is 0 Å². The van der Waals surface area contributed by atoms with Crippen molar-refractivity contribution in [3.05, 3.63) is 132 Å². The first-order valence-corrected chi connectivity index (χ1v) is 35.4. The van der Waals surface area contributed by atoms with Crippen LogP contribution in [0.1, 0.15) is 124 Å². The molecule has 3 fully saturated rings. The molecule has 32 nitrogen and oxygen atoms in total. The average Bonchev–Trinajstić information content (AvgIpc) is 1.70. The number of carbonyl (C=O) groups is 3. The van der Waals surface area contributed by atoms with Gasteiger partial charge in [-0.05, 0) is 208 Å². The van der Waals surface area contributed by atoms with Gasteiger partial charge >= 0.3 is 18.3 Å². The van der Waals surface area contributed by atoms with E-state index in [1.807, 2.05) is 80.5 Å². The summed E-state index contributed by atoms with van der Waals surface area (Å²) in [6, 6.07) is 14.5. The summed E-state index contributed by atoms with van der Waals surface area (Å²) >= 11 is 0. The van der Waals surface area contributed by atoms with Crippen LogP contribution in [0.2, 0.25) is 0 Å². The number of azo groups is 1. The Labute approximate surface area is 613 Å². The van der Waals surface area contributed by atoms with Gasteiger partial charge in [-0.1, -0.05) is 0 Å². The van der Waals surface area contributed by atoms with Crippen LogP contribution in [0.25, 0.3) is 74.5 Å². The lowest BCUT2D eigenvalue weighted by atomic mass is 9.93. The summed E-state index contributed by atoms with van der Waals surface area (Å²) in [5, 5.41) is 32.1. The van der Waals surface area contributed by atoms with Crippen LogP contribution >= 0.6 is 0 Å². The molecule has 107 heavy (non-hydrogen) atoms. The number of ether oxygens (including phenoxy) is 3. The van der Waals surface area contributed by atoms with Gasteiger partial charge in [-0.3, -0.25) is 13.2 Å². The highest BCUT2D eigenvalue weighted by Crippen LogP contribution is 2.31. The molecule has 0 aliphatic carbocycles. The highest BCUT2D eigenvalue weighted by Gasteiger charge is 2.33. The van der Waals surface area contributed by atoms with Crippen molar-refractivity contribution in [1.82, 2.24) is 113 Å². The maximum atomic E-state index is 14.0. The molecule has 0 unspecified atom stereocenters. The van der Waals surface area contributed by atoms with Crippen molar-refractivity contribution in [3.8, 4) is 57.6 Å². The van der Waals surface area contributed by atoms with E-state index in [1.54, 1.807) is 78.8 Å². The highest BCUT2D eigenvalue weighted by atomic mass is 19.1. The number of aryl methyl sites for hydroxylation is 2. The number of hydrogen-bond donors (Lipinski definition) is 0. The van der Waals surface area contributed by atoms with Gasteiger partial charge in [0.25, 0.3) is 0 Å². The fourth-order valence-electron chi connectivity index (χ4n) is 13.1. The molecule has 0 bridgehead atoms. The molecule has 0 saturated carbocycles. The summed E-state index contributed by atoms with van der Waals surface area (Å²) in [6.45, 7) is 20.8. The molecule has 3 saturated heterocycles. The molecule has 15 heterocycles. The Bertz CT molecular complexity index is 5140. The maximum absolute atomic E-state index is 14.0. The van der Waals surface area contributed by atoms with Crippen LogP contribution in [0, 0.1) is 35.2 Å². The minimum absolute atomic E-state index is 0.191. The van der Waals surface area contributed by atoms with E-state index in [2.05, 4.69) is 71.1 Å². The number of rotatable bonds is 12. The van der Waals surface area contributed by atoms with Gasteiger partial charge < -0.3 is 28.9 Å². The predicted octanol–water partition coefficient (Wildman–Crippen LogP) is 10.9. The fourth-order valence-corrected chi connectivity index (χ4v) is 13.1. The number of imidazole rings is 3. The van der Waals surface area contributed by atoms with Gasteiger partial charge in [-0.15, -0.1) is 20.4 Å². The number of fused-ring (bicyclic) bond motifs is 3. The molecule has 35 heteroatoms. The van der Waals surface area contributed by atoms with Crippen LogP contribution in [0.4, 0.5) is 27.6 Å². The molecule has 0 spiro atoms. The highest BCUT2D eigenvalue weighted by molar-refractivity contribution is 5.98. The lowest BCUT2D eigenvalue weighted by Crippen LogP contribution is -2.43. The van der Waals surface area contributed by atoms with Crippen molar-refractivity contribution in [3.63, 3.8) is 0 Å². The van der Waals surface area contributed by atoms with Crippen LogP contribution in [0.15, 0.2) is 107 Å². The molecule has 3 amide bonds. The Morgan fingerprint density at radius 2 is 0.879 bits per heavy atom. The predicted molar refractivity (Wildman–Crippen MR) is 383 cm³/mol. The third-order valence-electron chi connectivity index (χ3n) is 17.7. The number of halogens is 3. The zero-order chi connectivity index (χ0) is 75.5. The Kier molecular flexibility index (Phi) is 21.2. The topological polar surface area (TPSA) is 342 Å². The number of carbonyl (C=O) groups excluding carboxylic acids is 3. The summed E-state index contributed by atoms with van der Waals surface area (Å²) in [6.07, 6.45) is 15.5. The SMILES string of the molecule is CC(C)(C)OC(=O)N1CCC[C@@H](Cc2cc(C3=NCN=N3)nc(-c3cnc4ccc(F)cn34)n2)C1.Cn1nnc(-c2cc(C[C@@H]3CCCN(C(=O)OC(C)(C)C)C3)nc(-c3cnc4ccc(F)cn34)n2)n1.Cn1nnnc1-c1cc(C[C@@H]2CCCN(C(=O)OC(C)(C)C)C2)nc(-c2cnc3ccc(F)cn23)n1. The molecular weight excluding hydrogens is 1380 g/mol. The van der Waals surface area contributed by atoms with Gasteiger partial charge in [0.1, 0.15) is 85.4 Å². The van der Waals surface area contributed by atoms with E-state index in [9.17, 15) is 27.6 Å². The molecule has 0 N–H and O–H groups in total. The molecule has 11 aromatic rings. The van der Waals surface area contributed by atoms with Crippen molar-refractivity contribution in [2.75, 3.05) is 45.9 Å². The summed E-state index contributed by atoms with van der Waals surface area (Å²) in [7, 11) is 3.42. The largest absolute Gasteiger partial charge is 0.444 e. The molecule has 4 aliphatic heterocycles. The summed E-state index contributed by atoms with van der Waals surface area (Å²) < 4.78 is 65.0. The molecule has 4 aliphatic rings. The number of pyridine rings is 3. The zero-order valence-corrected chi connectivity index (χ0v) is 61.4. The van der Waals surface area contributed by atoms with Gasteiger partial charge in [-0.25, -0.2) is 82.1 Å². The third-order valence-corrected chi connectivity index (χ3v) is 17.7. The number of aliphatic imine (C=N–C) groups is 1. The first kappa shape index (κ1) is 73.6. The second-order valence-electron chi connectivity index (χ2n) is 29.9. The maximum Gasteiger partial charge on any atom is 0.410 e. The Morgan fingerprint density at radius 1 is 0.486 bits per heavy atom. The fraction of sp³-hybridized carbons (Fsp3) is 0.458. The third kappa shape index (κ3) is 18.3. The molecule has 0 aromatic carbocycles.